The first-order valence-corrected chi connectivity index (χ1v) is 10.2. The van der Waals surface area contributed by atoms with Crippen LogP contribution in [-0.2, 0) is 9.53 Å². The maximum Gasteiger partial charge on any atom is 0.272 e. The van der Waals surface area contributed by atoms with Crippen molar-refractivity contribution in [3.8, 4) is 0 Å². The lowest BCUT2D eigenvalue weighted by molar-refractivity contribution is -0.114. The van der Waals surface area contributed by atoms with Crippen LogP contribution < -0.4 is 16.0 Å². The van der Waals surface area contributed by atoms with Gasteiger partial charge in [-0.2, -0.15) is 0 Å². The molecule has 1 aliphatic carbocycles. The van der Waals surface area contributed by atoms with Crippen molar-refractivity contribution >= 4 is 35.1 Å². The fourth-order valence-electron chi connectivity index (χ4n) is 2.97. The van der Waals surface area contributed by atoms with Crippen molar-refractivity contribution in [3.63, 3.8) is 0 Å². The zero-order valence-electron chi connectivity index (χ0n) is 18.0. The second-order valence-corrected chi connectivity index (χ2v) is 7.12. The average molecular weight is 438 g/mol. The molecule has 0 radical (unpaired) electrons. The van der Waals surface area contributed by atoms with E-state index in [0.717, 1.165) is 24.8 Å². The summed E-state index contributed by atoms with van der Waals surface area (Å²) in [5.74, 6) is -0.690. The molecule has 1 saturated carbocycles. The van der Waals surface area contributed by atoms with Gasteiger partial charge in [0.1, 0.15) is 18.1 Å². The number of methoxy groups -OCH3 is 1. The van der Waals surface area contributed by atoms with Crippen molar-refractivity contribution in [1.29, 1.82) is 5.41 Å². The number of hydrogen-bond donors (Lipinski definition) is 4. The monoisotopic (exact) mass is 438 g/mol. The molecule has 2 aromatic heterocycles. The van der Waals surface area contributed by atoms with Crippen LogP contribution in [0.2, 0.25) is 0 Å². The van der Waals surface area contributed by atoms with Gasteiger partial charge in [0.25, 0.3) is 11.8 Å². The van der Waals surface area contributed by atoms with Crippen LogP contribution >= 0.6 is 0 Å². The molecule has 0 spiro atoms. The second-order valence-electron chi connectivity index (χ2n) is 7.12. The highest BCUT2D eigenvalue weighted by molar-refractivity contribution is 6.44. The lowest BCUT2D eigenvalue weighted by Crippen LogP contribution is -2.48. The normalized spacial score (nSPS) is 14.4. The van der Waals surface area contributed by atoms with Gasteiger partial charge in [-0.1, -0.05) is 0 Å². The largest absolute Gasteiger partial charge is 0.383 e. The number of pyridine rings is 1. The summed E-state index contributed by atoms with van der Waals surface area (Å²) in [7, 11) is 2.98. The first-order valence-electron chi connectivity index (χ1n) is 10.2. The first kappa shape index (κ1) is 22.9. The van der Waals surface area contributed by atoms with Gasteiger partial charge in [-0.3, -0.25) is 14.6 Å². The topological polar surface area (TPSA) is 154 Å². The molecular weight excluding hydrogens is 412 g/mol. The van der Waals surface area contributed by atoms with Crippen LogP contribution in [0.4, 0.5) is 11.4 Å². The molecule has 0 bridgehead atoms. The Hall–Kier alpha value is -3.73. The molecular formula is C21H26N8O3. The minimum absolute atomic E-state index is 0.0113. The molecule has 11 heteroatoms. The van der Waals surface area contributed by atoms with Crippen LogP contribution in [0.5, 0.6) is 0 Å². The van der Waals surface area contributed by atoms with Crippen molar-refractivity contribution in [2.24, 2.45) is 4.99 Å². The summed E-state index contributed by atoms with van der Waals surface area (Å²) < 4.78 is 4.97. The molecule has 1 atom stereocenters. The number of rotatable bonds is 11. The van der Waals surface area contributed by atoms with Crippen molar-refractivity contribution in [2.45, 2.75) is 24.8 Å². The highest BCUT2D eigenvalue weighted by atomic mass is 16.5. The Morgan fingerprint density at radius 1 is 1.31 bits per heavy atom. The molecule has 0 aromatic carbocycles. The number of aromatic nitrogens is 3. The highest BCUT2D eigenvalue weighted by Gasteiger charge is 2.28. The zero-order chi connectivity index (χ0) is 22.9. The standard InChI is InChI=1S/C21H26N8O3/c1-23-20(30)18(26-7-8-32-2)17(9-22)29-21(31)19-16(27-14-10-24-12-25-11-14)6-5-15(28-19)13-3-4-13/h5-6,9-13,17,22,27H,3-4,7-8H2,1-2H3,(H,23,30)(H,29,31). The van der Waals surface area contributed by atoms with E-state index in [9.17, 15) is 9.59 Å². The molecule has 3 rings (SSSR count). The van der Waals surface area contributed by atoms with Gasteiger partial charge in [0.05, 0.1) is 36.9 Å². The molecule has 11 nitrogen and oxygen atoms in total. The van der Waals surface area contributed by atoms with Gasteiger partial charge in [-0.05, 0) is 25.0 Å². The summed E-state index contributed by atoms with van der Waals surface area (Å²) in [5.41, 5.74) is 2.05. The van der Waals surface area contributed by atoms with Crippen LogP contribution in [0, 0.1) is 5.41 Å². The van der Waals surface area contributed by atoms with Gasteiger partial charge in [-0.15, -0.1) is 0 Å². The Balaban J connectivity index is 1.88. The predicted molar refractivity (Wildman–Crippen MR) is 120 cm³/mol. The molecule has 0 aliphatic heterocycles. The van der Waals surface area contributed by atoms with Crippen LogP contribution in [0.15, 0.2) is 35.8 Å². The minimum atomic E-state index is -1.03. The van der Waals surface area contributed by atoms with Gasteiger partial charge >= 0.3 is 0 Å². The first-order chi connectivity index (χ1) is 15.6. The van der Waals surface area contributed by atoms with E-state index in [-0.39, 0.29) is 18.0 Å². The third kappa shape index (κ3) is 5.91. The van der Waals surface area contributed by atoms with Crippen molar-refractivity contribution in [3.05, 3.63) is 42.2 Å². The number of amides is 2. The predicted octanol–water partition coefficient (Wildman–Crippen LogP) is 1.07. The van der Waals surface area contributed by atoms with E-state index in [1.165, 1.54) is 20.5 Å². The van der Waals surface area contributed by atoms with E-state index in [1.807, 2.05) is 6.07 Å². The molecule has 2 aromatic rings. The molecule has 1 unspecified atom stereocenters. The van der Waals surface area contributed by atoms with Gasteiger partial charge in [0, 0.05) is 32.0 Å². The van der Waals surface area contributed by atoms with Crippen molar-refractivity contribution in [2.75, 3.05) is 32.6 Å². The van der Waals surface area contributed by atoms with Crippen LogP contribution in [0.25, 0.3) is 0 Å². The summed E-state index contributed by atoms with van der Waals surface area (Å²) in [5, 5.41) is 16.0. The van der Waals surface area contributed by atoms with E-state index in [4.69, 9.17) is 10.1 Å². The number of nitrogens with one attached hydrogen (secondary N) is 4. The summed E-state index contributed by atoms with van der Waals surface area (Å²) >= 11 is 0. The number of carbonyl (C=O) groups is 2. The van der Waals surface area contributed by atoms with E-state index in [0.29, 0.717) is 23.9 Å². The second kappa shape index (κ2) is 11.0. The molecule has 1 fully saturated rings. The molecule has 168 valence electrons. The number of nitrogens with zero attached hydrogens (tertiary/aromatic N) is 4. The fraction of sp³-hybridized carbons (Fsp3) is 0.381. The van der Waals surface area contributed by atoms with E-state index in [2.05, 4.69) is 35.9 Å². The van der Waals surface area contributed by atoms with Gasteiger partial charge in [0.2, 0.25) is 0 Å². The summed E-state index contributed by atoms with van der Waals surface area (Å²) in [4.78, 5) is 42.2. The third-order valence-corrected chi connectivity index (χ3v) is 4.75. The van der Waals surface area contributed by atoms with Crippen LogP contribution in [0.1, 0.15) is 34.9 Å². The Morgan fingerprint density at radius 2 is 2.06 bits per heavy atom. The van der Waals surface area contributed by atoms with E-state index in [1.54, 1.807) is 18.5 Å². The van der Waals surface area contributed by atoms with Gasteiger partial charge < -0.3 is 26.1 Å². The molecule has 1 aliphatic rings. The maximum atomic E-state index is 13.2. The van der Waals surface area contributed by atoms with Gasteiger partial charge in [-0.25, -0.2) is 15.0 Å². The average Bonchev–Trinajstić information content (AvgIpc) is 3.66. The lowest BCUT2D eigenvalue weighted by atomic mass is 10.1. The molecule has 32 heavy (non-hydrogen) atoms. The lowest BCUT2D eigenvalue weighted by Gasteiger charge is -2.18. The van der Waals surface area contributed by atoms with Crippen molar-refractivity contribution < 1.29 is 14.3 Å². The van der Waals surface area contributed by atoms with E-state index >= 15 is 0 Å². The molecule has 2 heterocycles. The Kier molecular flexibility index (Phi) is 7.92. The third-order valence-electron chi connectivity index (χ3n) is 4.75. The summed E-state index contributed by atoms with van der Waals surface area (Å²) in [6.45, 7) is 0.521. The Morgan fingerprint density at radius 3 is 2.69 bits per heavy atom. The van der Waals surface area contributed by atoms with Crippen LogP contribution in [0.3, 0.4) is 0 Å². The number of carbonyl (C=O) groups excluding carboxylic acids is 2. The summed E-state index contributed by atoms with van der Waals surface area (Å²) in [6, 6.07) is 2.64. The van der Waals surface area contributed by atoms with Gasteiger partial charge in [0.15, 0.2) is 5.69 Å². The number of anilines is 2. The molecule has 4 N–H and O–H groups in total. The van der Waals surface area contributed by atoms with E-state index < -0.39 is 17.9 Å². The SMILES string of the molecule is CNC(=O)C(=NCCOC)C(C=N)NC(=O)c1nc(C2CC2)ccc1Nc1cncnc1. The molecule has 0 saturated heterocycles. The van der Waals surface area contributed by atoms with Crippen molar-refractivity contribution in [1.82, 2.24) is 25.6 Å². The highest BCUT2D eigenvalue weighted by Crippen LogP contribution is 2.39. The number of hydrogen-bond acceptors (Lipinski definition) is 9. The Labute approximate surface area is 185 Å². The fourth-order valence-corrected chi connectivity index (χ4v) is 2.97. The smallest absolute Gasteiger partial charge is 0.272 e. The number of ether oxygens (including phenoxy) is 1. The minimum Gasteiger partial charge on any atom is -0.383 e. The Bertz CT molecular complexity index is 992. The maximum absolute atomic E-state index is 13.2. The molecule has 2 amide bonds. The zero-order valence-corrected chi connectivity index (χ0v) is 18.0. The number of aliphatic imine (C=N–C) groups is 1. The van der Waals surface area contributed by atoms with Crippen LogP contribution in [-0.4, -0.2) is 72.0 Å². The summed E-state index contributed by atoms with van der Waals surface area (Å²) in [6.07, 6.45) is 7.59. The quantitative estimate of drug-likeness (QED) is 0.302.